The van der Waals surface area contributed by atoms with Crippen LogP contribution in [0.15, 0.2) is 60.3 Å². The van der Waals surface area contributed by atoms with Gasteiger partial charge < -0.3 is 14.4 Å². The summed E-state index contributed by atoms with van der Waals surface area (Å²) in [5.41, 5.74) is 2.33. The normalized spacial score (nSPS) is 13.9. The van der Waals surface area contributed by atoms with E-state index in [1.807, 2.05) is 75.5 Å². The summed E-state index contributed by atoms with van der Waals surface area (Å²) in [7, 11) is 1.81. The topological polar surface area (TPSA) is 59.1 Å². The Morgan fingerprint density at radius 2 is 1.60 bits per heavy atom. The van der Waals surface area contributed by atoms with E-state index >= 15 is 0 Å². The smallest absolute Gasteiger partial charge is 0.278 e. The molecule has 30 heavy (non-hydrogen) atoms. The zero-order valence-corrected chi connectivity index (χ0v) is 17.8. The molecule has 2 amide bonds. The predicted molar refractivity (Wildman–Crippen MR) is 117 cm³/mol. The Morgan fingerprint density at radius 1 is 0.900 bits per heavy atom. The molecule has 2 aromatic rings. The van der Waals surface area contributed by atoms with Crippen molar-refractivity contribution >= 4 is 23.1 Å². The Balaban J connectivity index is 1.97. The number of para-hydroxylation sites is 1. The van der Waals surface area contributed by atoms with Crippen LogP contribution in [0.1, 0.15) is 25.8 Å². The molecule has 1 aliphatic heterocycles. The van der Waals surface area contributed by atoms with Crippen molar-refractivity contribution in [1.82, 2.24) is 4.90 Å². The molecule has 1 aliphatic rings. The van der Waals surface area contributed by atoms with Crippen LogP contribution < -0.4 is 9.64 Å². The second-order valence-corrected chi connectivity index (χ2v) is 6.89. The van der Waals surface area contributed by atoms with Gasteiger partial charge in [0, 0.05) is 32.5 Å². The van der Waals surface area contributed by atoms with Gasteiger partial charge in [-0.3, -0.25) is 14.5 Å². The average Bonchev–Trinajstić information content (AvgIpc) is 3.02. The summed E-state index contributed by atoms with van der Waals surface area (Å²) in [5, 5.41) is 0. The molecule has 0 atom stereocenters. The van der Waals surface area contributed by atoms with Gasteiger partial charge in [-0.25, -0.2) is 0 Å². The summed E-state index contributed by atoms with van der Waals surface area (Å²) in [5.74, 6) is 0.162. The minimum Gasteiger partial charge on any atom is -0.494 e. The maximum Gasteiger partial charge on any atom is 0.278 e. The summed E-state index contributed by atoms with van der Waals surface area (Å²) < 4.78 is 10.9. The third-order valence-corrected chi connectivity index (χ3v) is 4.95. The molecule has 0 bridgehead atoms. The highest BCUT2D eigenvalue weighted by atomic mass is 16.5. The van der Waals surface area contributed by atoms with Crippen LogP contribution in [0.2, 0.25) is 0 Å². The predicted octanol–water partition coefficient (Wildman–Crippen LogP) is 3.73. The molecule has 0 fully saturated rings. The molecule has 6 heteroatoms. The van der Waals surface area contributed by atoms with Crippen LogP contribution in [-0.2, 0) is 14.3 Å². The van der Waals surface area contributed by atoms with E-state index in [-0.39, 0.29) is 11.8 Å². The van der Waals surface area contributed by atoms with Gasteiger partial charge in [0.2, 0.25) is 0 Å². The maximum atomic E-state index is 13.3. The van der Waals surface area contributed by atoms with Crippen LogP contribution in [0.25, 0.3) is 5.57 Å². The number of amides is 2. The highest BCUT2D eigenvalue weighted by molar-refractivity contribution is 6.36. The third-order valence-electron chi connectivity index (χ3n) is 4.95. The van der Waals surface area contributed by atoms with E-state index < -0.39 is 0 Å². The van der Waals surface area contributed by atoms with E-state index in [0.717, 1.165) is 11.4 Å². The Morgan fingerprint density at radius 3 is 2.23 bits per heavy atom. The molecule has 2 aromatic carbocycles. The fourth-order valence-corrected chi connectivity index (χ4v) is 3.47. The Bertz CT molecular complexity index is 907. The number of ether oxygens (including phenoxy) is 2. The van der Waals surface area contributed by atoms with Crippen LogP contribution in [0.3, 0.4) is 0 Å². The molecule has 1 heterocycles. The molecule has 6 nitrogen and oxygen atoms in total. The number of likely N-dealkylation sites (N-methyl/N-ethyl adjacent to an activating group) is 1. The SMILES string of the molecule is CCOCCCN1C(=O)C(c2ccc(OCC)cc2)=C(N(C)c2ccccc2)C1=O. The van der Waals surface area contributed by atoms with E-state index in [2.05, 4.69) is 0 Å². The zero-order chi connectivity index (χ0) is 21.5. The quantitative estimate of drug-likeness (QED) is 0.443. The van der Waals surface area contributed by atoms with E-state index in [4.69, 9.17) is 9.47 Å². The van der Waals surface area contributed by atoms with Gasteiger partial charge in [-0.1, -0.05) is 30.3 Å². The molecule has 0 unspecified atom stereocenters. The number of carbonyl (C=O) groups is 2. The van der Waals surface area contributed by atoms with Gasteiger partial charge in [-0.15, -0.1) is 0 Å². The zero-order valence-electron chi connectivity index (χ0n) is 17.8. The molecule has 0 N–H and O–H groups in total. The van der Waals surface area contributed by atoms with Crippen LogP contribution >= 0.6 is 0 Å². The van der Waals surface area contributed by atoms with Crippen LogP contribution in [0, 0.1) is 0 Å². The molecule has 0 radical (unpaired) electrons. The van der Waals surface area contributed by atoms with Crippen molar-refractivity contribution in [3.05, 3.63) is 65.9 Å². The Hall–Kier alpha value is -3.12. The fourth-order valence-electron chi connectivity index (χ4n) is 3.47. The molecule has 0 saturated heterocycles. The first kappa shape index (κ1) is 21.6. The molecule has 0 aliphatic carbocycles. The largest absolute Gasteiger partial charge is 0.494 e. The first-order valence-corrected chi connectivity index (χ1v) is 10.3. The van der Waals surface area contributed by atoms with Gasteiger partial charge in [0.15, 0.2) is 0 Å². The summed E-state index contributed by atoms with van der Waals surface area (Å²) in [4.78, 5) is 29.7. The number of imide groups is 1. The van der Waals surface area contributed by atoms with Crippen LogP contribution in [0.4, 0.5) is 5.69 Å². The fraction of sp³-hybridized carbons (Fsp3) is 0.333. The minimum absolute atomic E-state index is 0.279. The number of carbonyl (C=O) groups excluding carboxylic acids is 2. The number of rotatable bonds is 10. The van der Waals surface area contributed by atoms with E-state index in [9.17, 15) is 9.59 Å². The van der Waals surface area contributed by atoms with Gasteiger partial charge in [0.1, 0.15) is 11.4 Å². The molecule has 0 aromatic heterocycles. The summed E-state index contributed by atoms with van der Waals surface area (Å²) in [6.45, 7) is 5.85. The van der Waals surface area contributed by atoms with Gasteiger partial charge in [0.25, 0.3) is 11.8 Å². The summed E-state index contributed by atoms with van der Waals surface area (Å²) >= 11 is 0. The molecule has 0 saturated carbocycles. The second kappa shape index (κ2) is 10.1. The molecular weight excluding hydrogens is 380 g/mol. The number of hydrogen-bond acceptors (Lipinski definition) is 5. The van der Waals surface area contributed by atoms with Crippen molar-refractivity contribution in [2.24, 2.45) is 0 Å². The first-order chi connectivity index (χ1) is 14.6. The highest BCUT2D eigenvalue weighted by Gasteiger charge is 2.40. The number of anilines is 1. The Labute approximate surface area is 177 Å². The van der Waals surface area contributed by atoms with E-state index in [1.54, 1.807) is 4.90 Å². The average molecular weight is 408 g/mol. The van der Waals surface area contributed by atoms with Gasteiger partial charge in [-0.2, -0.15) is 0 Å². The summed E-state index contributed by atoms with van der Waals surface area (Å²) in [6.07, 6.45) is 0.601. The van der Waals surface area contributed by atoms with Crippen molar-refractivity contribution in [3.8, 4) is 5.75 Å². The first-order valence-electron chi connectivity index (χ1n) is 10.3. The maximum absolute atomic E-state index is 13.3. The lowest BCUT2D eigenvalue weighted by molar-refractivity contribution is -0.137. The molecule has 158 valence electrons. The lowest BCUT2D eigenvalue weighted by Gasteiger charge is -2.21. The number of hydrogen-bond donors (Lipinski definition) is 0. The standard InChI is InChI=1S/C24H28N2O4/c1-4-29-17-9-16-26-23(27)21(18-12-14-20(15-13-18)30-5-2)22(24(26)28)25(3)19-10-7-6-8-11-19/h6-8,10-15H,4-5,9,16-17H2,1-3H3. The van der Waals surface area contributed by atoms with Crippen molar-refractivity contribution in [1.29, 1.82) is 0 Å². The van der Waals surface area contributed by atoms with Crippen LogP contribution in [-0.4, -0.2) is 50.1 Å². The monoisotopic (exact) mass is 408 g/mol. The van der Waals surface area contributed by atoms with Crippen molar-refractivity contribution < 1.29 is 19.1 Å². The second-order valence-electron chi connectivity index (χ2n) is 6.89. The van der Waals surface area contributed by atoms with Crippen molar-refractivity contribution in [2.45, 2.75) is 20.3 Å². The minimum atomic E-state index is -0.285. The lowest BCUT2D eigenvalue weighted by Crippen LogP contribution is -2.35. The van der Waals surface area contributed by atoms with Crippen LogP contribution in [0.5, 0.6) is 5.75 Å². The van der Waals surface area contributed by atoms with E-state index in [1.165, 1.54) is 4.90 Å². The summed E-state index contributed by atoms with van der Waals surface area (Å²) in [6, 6.07) is 16.9. The molecule has 3 rings (SSSR count). The van der Waals surface area contributed by atoms with Gasteiger partial charge in [-0.05, 0) is 50.1 Å². The molecular formula is C24H28N2O4. The van der Waals surface area contributed by atoms with Crippen molar-refractivity contribution in [3.63, 3.8) is 0 Å². The third kappa shape index (κ3) is 4.54. The molecule has 0 spiro atoms. The highest BCUT2D eigenvalue weighted by Crippen LogP contribution is 2.34. The number of benzene rings is 2. The van der Waals surface area contributed by atoms with E-state index in [0.29, 0.717) is 49.6 Å². The lowest BCUT2D eigenvalue weighted by atomic mass is 10.0. The number of nitrogens with zero attached hydrogens (tertiary/aromatic N) is 2. The Kier molecular flexibility index (Phi) is 7.25. The van der Waals surface area contributed by atoms with Gasteiger partial charge >= 0.3 is 0 Å². The van der Waals surface area contributed by atoms with Gasteiger partial charge in [0.05, 0.1) is 12.2 Å². The van der Waals surface area contributed by atoms with Crippen molar-refractivity contribution in [2.75, 3.05) is 38.3 Å².